The van der Waals surface area contributed by atoms with Crippen molar-refractivity contribution in [2.75, 3.05) is 18.5 Å². The van der Waals surface area contributed by atoms with Crippen molar-refractivity contribution in [3.63, 3.8) is 0 Å². The van der Waals surface area contributed by atoms with E-state index in [4.69, 9.17) is 11.6 Å². The Bertz CT molecular complexity index is 644. The maximum atomic E-state index is 6.02. The maximum absolute atomic E-state index is 6.02. The number of para-hydroxylation sites is 1. The number of likely N-dealkylation sites (N-methyl/N-ethyl adjacent to an activating group) is 1. The fraction of sp³-hybridized carbons (Fsp3) is 0.421. The number of anilines is 1. The van der Waals surface area contributed by atoms with Crippen molar-refractivity contribution >= 4 is 17.3 Å². The number of aromatic nitrogens is 1. The van der Waals surface area contributed by atoms with E-state index in [0.717, 1.165) is 25.1 Å². The molecule has 1 heterocycles. The van der Waals surface area contributed by atoms with Crippen LogP contribution in [-0.2, 0) is 6.42 Å². The standard InChI is InChI=1S/C19H24ClN3/c1-14(23(2)15-7-4-3-5-8-15)13-21-17-9-6-10-18-16(17)11-12-19(20)22-18/h3-5,7-8,11-12,14,17,21H,6,9-10,13H2,1-2H3. The number of fused-ring (bicyclic) bond motifs is 1. The highest BCUT2D eigenvalue weighted by Gasteiger charge is 2.22. The maximum Gasteiger partial charge on any atom is 0.129 e. The van der Waals surface area contributed by atoms with Crippen LogP contribution >= 0.6 is 11.6 Å². The van der Waals surface area contributed by atoms with E-state index in [1.807, 2.05) is 6.07 Å². The molecule has 2 unspecified atom stereocenters. The predicted octanol–water partition coefficient (Wildman–Crippen LogP) is 4.23. The molecule has 1 aromatic heterocycles. The van der Waals surface area contributed by atoms with E-state index in [-0.39, 0.29) is 0 Å². The summed E-state index contributed by atoms with van der Waals surface area (Å²) in [6.45, 7) is 3.20. The van der Waals surface area contributed by atoms with Crippen molar-refractivity contribution in [2.24, 2.45) is 0 Å². The number of aryl methyl sites for hydroxylation is 1. The Morgan fingerprint density at radius 2 is 2.04 bits per heavy atom. The monoisotopic (exact) mass is 329 g/mol. The van der Waals surface area contributed by atoms with Crippen LogP contribution in [0.4, 0.5) is 5.69 Å². The number of benzene rings is 1. The van der Waals surface area contributed by atoms with Crippen LogP contribution in [0.2, 0.25) is 5.15 Å². The van der Waals surface area contributed by atoms with E-state index in [9.17, 15) is 0 Å². The minimum Gasteiger partial charge on any atom is -0.371 e. The Kier molecular flexibility index (Phi) is 5.19. The summed E-state index contributed by atoms with van der Waals surface area (Å²) in [5.41, 5.74) is 3.72. The fourth-order valence-corrected chi connectivity index (χ4v) is 3.38. The van der Waals surface area contributed by atoms with Crippen molar-refractivity contribution in [3.8, 4) is 0 Å². The first-order chi connectivity index (χ1) is 11.1. The molecule has 0 radical (unpaired) electrons. The van der Waals surface area contributed by atoms with E-state index in [1.54, 1.807) is 0 Å². The molecule has 1 aliphatic carbocycles. The molecule has 0 fully saturated rings. The number of pyridine rings is 1. The zero-order chi connectivity index (χ0) is 16.2. The quantitative estimate of drug-likeness (QED) is 0.832. The molecule has 1 aliphatic rings. The van der Waals surface area contributed by atoms with Gasteiger partial charge >= 0.3 is 0 Å². The molecule has 23 heavy (non-hydrogen) atoms. The van der Waals surface area contributed by atoms with E-state index in [2.05, 4.69) is 65.6 Å². The number of rotatable bonds is 5. The summed E-state index contributed by atoms with van der Waals surface area (Å²) in [6.07, 6.45) is 3.37. The van der Waals surface area contributed by atoms with Gasteiger partial charge in [-0.1, -0.05) is 35.9 Å². The molecule has 3 nitrogen and oxygen atoms in total. The highest BCUT2D eigenvalue weighted by Crippen LogP contribution is 2.29. The lowest BCUT2D eigenvalue weighted by atomic mass is 9.91. The van der Waals surface area contributed by atoms with Crippen molar-refractivity contribution in [1.29, 1.82) is 0 Å². The lowest BCUT2D eigenvalue weighted by molar-refractivity contribution is 0.437. The second-order valence-electron chi connectivity index (χ2n) is 6.32. The van der Waals surface area contributed by atoms with Crippen molar-refractivity contribution in [1.82, 2.24) is 10.3 Å². The molecule has 2 atom stereocenters. The summed E-state index contributed by atoms with van der Waals surface area (Å²) < 4.78 is 0. The smallest absolute Gasteiger partial charge is 0.129 e. The molecule has 1 aromatic carbocycles. The third-order valence-electron chi connectivity index (χ3n) is 4.74. The van der Waals surface area contributed by atoms with Crippen molar-refractivity contribution in [2.45, 2.75) is 38.3 Å². The summed E-state index contributed by atoms with van der Waals surface area (Å²) in [4.78, 5) is 6.81. The zero-order valence-corrected chi connectivity index (χ0v) is 14.6. The van der Waals surface area contributed by atoms with Gasteiger partial charge in [-0.25, -0.2) is 4.98 Å². The summed E-state index contributed by atoms with van der Waals surface area (Å²) in [7, 11) is 2.15. The molecule has 2 aromatic rings. The molecule has 0 saturated heterocycles. The number of nitrogens with one attached hydrogen (secondary N) is 1. The second kappa shape index (κ2) is 7.33. The van der Waals surface area contributed by atoms with Gasteiger partial charge < -0.3 is 10.2 Å². The van der Waals surface area contributed by atoms with Crippen LogP contribution < -0.4 is 10.2 Å². The summed E-state index contributed by atoms with van der Waals surface area (Å²) >= 11 is 6.02. The molecule has 122 valence electrons. The van der Waals surface area contributed by atoms with Crippen LogP contribution in [0.3, 0.4) is 0 Å². The van der Waals surface area contributed by atoms with Gasteiger partial charge in [-0.15, -0.1) is 0 Å². The fourth-order valence-electron chi connectivity index (χ4n) is 3.21. The minimum absolute atomic E-state index is 0.384. The molecule has 0 saturated carbocycles. The van der Waals surface area contributed by atoms with Crippen LogP contribution in [0.15, 0.2) is 42.5 Å². The lowest BCUT2D eigenvalue weighted by Crippen LogP contribution is -2.40. The molecule has 0 amide bonds. The average molecular weight is 330 g/mol. The van der Waals surface area contributed by atoms with Crippen LogP contribution in [0, 0.1) is 0 Å². The Morgan fingerprint density at radius 3 is 2.83 bits per heavy atom. The molecule has 0 spiro atoms. The van der Waals surface area contributed by atoms with E-state index < -0.39 is 0 Å². The Morgan fingerprint density at radius 1 is 1.26 bits per heavy atom. The van der Waals surface area contributed by atoms with Crippen molar-refractivity contribution in [3.05, 3.63) is 58.9 Å². The van der Waals surface area contributed by atoms with E-state index in [0.29, 0.717) is 17.2 Å². The summed E-state index contributed by atoms with van der Waals surface area (Å²) in [5, 5.41) is 4.32. The van der Waals surface area contributed by atoms with Crippen LogP contribution in [0.25, 0.3) is 0 Å². The second-order valence-corrected chi connectivity index (χ2v) is 6.71. The lowest BCUT2D eigenvalue weighted by Gasteiger charge is -2.31. The first-order valence-electron chi connectivity index (χ1n) is 8.31. The molecule has 3 rings (SSSR count). The third kappa shape index (κ3) is 3.85. The molecule has 1 N–H and O–H groups in total. The highest BCUT2D eigenvalue weighted by atomic mass is 35.5. The topological polar surface area (TPSA) is 28.2 Å². The Labute approximate surface area is 143 Å². The van der Waals surface area contributed by atoms with Gasteiger partial charge in [-0.05, 0) is 49.9 Å². The molecule has 0 aliphatic heterocycles. The van der Waals surface area contributed by atoms with Crippen molar-refractivity contribution < 1.29 is 0 Å². The predicted molar refractivity (Wildman–Crippen MR) is 97.2 cm³/mol. The molecular formula is C19H24ClN3. The molecular weight excluding hydrogens is 306 g/mol. The van der Waals surface area contributed by atoms with Crippen LogP contribution in [0.1, 0.15) is 37.1 Å². The van der Waals surface area contributed by atoms with E-state index >= 15 is 0 Å². The van der Waals surface area contributed by atoms with Gasteiger partial charge in [-0.2, -0.15) is 0 Å². The zero-order valence-electron chi connectivity index (χ0n) is 13.8. The van der Waals surface area contributed by atoms with Gasteiger partial charge in [0.05, 0.1) is 0 Å². The van der Waals surface area contributed by atoms with E-state index in [1.165, 1.54) is 17.7 Å². The normalized spacial score (nSPS) is 18.3. The van der Waals surface area contributed by atoms with Crippen LogP contribution in [0.5, 0.6) is 0 Å². The Hall–Kier alpha value is -1.58. The highest BCUT2D eigenvalue weighted by molar-refractivity contribution is 6.29. The van der Waals surface area contributed by atoms with Gasteiger partial charge in [0.15, 0.2) is 0 Å². The van der Waals surface area contributed by atoms with Gasteiger partial charge in [0, 0.05) is 37.1 Å². The number of nitrogens with zero attached hydrogens (tertiary/aromatic N) is 2. The van der Waals surface area contributed by atoms with Gasteiger partial charge in [0.1, 0.15) is 5.15 Å². The molecule has 0 bridgehead atoms. The first kappa shape index (κ1) is 16.3. The van der Waals surface area contributed by atoms with Gasteiger partial charge in [-0.3, -0.25) is 0 Å². The third-order valence-corrected chi connectivity index (χ3v) is 4.95. The largest absolute Gasteiger partial charge is 0.371 e. The first-order valence-corrected chi connectivity index (χ1v) is 8.69. The van der Waals surface area contributed by atoms with Crippen LogP contribution in [-0.4, -0.2) is 24.6 Å². The molecule has 4 heteroatoms. The Balaban J connectivity index is 1.63. The number of halogens is 1. The summed E-state index contributed by atoms with van der Waals surface area (Å²) in [5.74, 6) is 0. The number of hydrogen-bond acceptors (Lipinski definition) is 3. The van der Waals surface area contributed by atoms with Gasteiger partial charge in [0.2, 0.25) is 0 Å². The SMILES string of the molecule is CC(CNC1CCCc2nc(Cl)ccc21)N(C)c1ccccc1. The average Bonchev–Trinajstić information content (AvgIpc) is 2.59. The summed E-state index contributed by atoms with van der Waals surface area (Å²) in [6, 6.07) is 15.4. The number of hydrogen-bond donors (Lipinski definition) is 1. The van der Waals surface area contributed by atoms with Gasteiger partial charge in [0.25, 0.3) is 0 Å². The minimum atomic E-state index is 0.384.